The molecule has 1 rings (SSSR count). The minimum atomic E-state index is -0.368. The maximum Gasteiger partial charge on any atom is 0.323 e. The minimum Gasteiger partial charge on any atom is -0.459 e. The lowest BCUT2D eigenvalue weighted by Gasteiger charge is -2.37. The summed E-state index contributed by atoms with van der Waals surface area (Å²) in [6.07, 6.45) is 1.04. The van der Waals surface area contributed by atoms with Crippen LogP contribution >= 0.6 is 0 Å². The van der Waals surface area contributed by atoms with Crippen LogP contribution in [-0.4, -0.2) is 24.2 Å². The van der Waals surface area contributed by atoms with Crippen LogP contribution in [0.3, 0.4) is 0 Å². The normalized spacial score (nSPS) is 28.0. The molecular weight excluding hydrogens is 166 g/mol. The molecule has 76 valence electrons. The Hall–Kier alpha value is -0.570. The summed E-state index contributed by atoms with van der Waals surface area (Å²) in [4.78, 5) is 11.5. The van der Waals surface area contributed by atoms with Crippen molar-refractivity contribution in [1.82, 2.24) is 5.32 Å². The van der Waals surface area contributed by atoms with Gasteiger partial charge >= 0.3 is 5.97 Å². The van der Waals surface area contributed by atoms with Gasteiger partial charge in [-0.15, -0.1) is 0 Å². The molecule has 1 aliphatic rings. The third-order valence-corrected chi connectivity index (χ3v) is 2.26. The lowest BCUT2D eigenvalue weighted by molar-refractivity contribution is -0.161. The summed E-state index contributed by atoms with van der Waals surface area (Å²) in [5.41, 5.74) is -0.368. The van der Waals surface area contributed by atoms with Gasteiger partial charge in [0, 0.05) is 6.54 Å². The van der Waals surface area contributed by atoms with Crippen molar-refractivity contribution in [3.63, 3.8) is 0 Å². The number of carbonyl (C=O) groups is 1. The quantitative estimate of drug-likeness (QED) is 0.659. The second-order valence-corrected chi connectivity index (χ2v) is 4.59. The molecule has 0 amide bonds. The molecule has 3 heteroatoms. The van der Waals surface area contributed by atoms with Gasteiger partial charge in [0.25, 0.3) is 0 Å². The first-order valence-corrected chi connectivity index (χ1v) is 4.90. The molecule has 1 aliphatic heterocycles. The number of carbonyl (C=O) groups excluding carboxylic acids is 1. The van der Waals surface area contributed by atoms with Crippen LogP contribution in [0.25, 0.3) is 0 Å². The maximum atomic E-state index is 11.5. The van der Waals surface area contributed by atoms with Crippen molar-refractivity contribution in [2.75, 3.05) is 6.54 Å². The number of hydrogen-bond acceptors (Lipinski definition) is 3. The Balaban J connectivity index is 2.40. The van der Waals surface area contributed by atoms with Crippen molar-refractivity contribution >= 4 is 5.97 Å². The van der Waals surface area contributed by atoms with E-state index in [0.29, 0.717) is 5.92 Å². The van der Waals surface area contributed by atoms with Gasteiger partial charge in [-0.2, -0.15) is 0 Å². The average Bonchev–Trinajstić information content (AvgIpc) is 1.80. The fraction of sp³-hybridized carbons (Fsp3) is 0.900. The molecule has 0 aliphatic carbocycles. The van der Waals surface area contributed by atoms with E-state index in [0.717, 1.165) is 13.0 Å². The van der Waals surface area contributed by atoms with Crippen LogP contribution in [0, 0.1) is 5.92 Å². The Morgan fingerprint density at radius 2 is 2.15 bits per heavy atom. The predicted octanol–water partition coefficient (Wildman–Crippen LogP) is 1.33. The molecule has 13 heavy (non-hydrogen) atoms. The Bertz CT molecular complexity index is 194. The summed E-state index contributed by atoms with van der Waals surface area (Å²) in [6, 6.07) is -0.0655. The molecule has 1 saturated heterocycles. The fourth-order valence-electron chi connectivity index (χ4n) is 1.42. The van der Waals surface area contributed by atoms with E-state index in [9.17, 15) is 4.79 Å². The largest absolute Gasteiger partial charge is 0.459 e. The van der Waals surface area contributed by atoms with E-state index in [1.165, 1.54) is 0 Å². The number of nitrogens with one attached hydrogen (secondary N) is 1. The van der Waals surface area contributed by atoms with E-state index in [4.69, 9.17) is 4.74 Å². The van der Waals surface area contributed by atoms with Crippen LogP contribution in [0.4, 0.5) is 0 Å². The summed E-state index contributed by atoms with van der Waals surface area (Å²) in [6.45, 7) is 8.73. The van der Waals surface area contributed by atoms with Crippen molar-refractivity contribution in [3.8, 4) is 0 Å². The van der Waals surface area contributed by atoms with Gasteiger partial charge in [-0.1, -0.05) is 13.3 Å². The second kappa shape index (κ2) is 3.66. The zero-order valence-electron chi connectivity index (χ0n) is 8.89. The van der Waals surface area contributed by atoms with Gasteiger partial charge in [-0.25, -0.2) is 0 Å². The molecule has 0 aromatic carbocycles. The number of rotatable bonds is 2. The van der Waals surface area contributed by atoms with Crippen LogP contribution in [0.1, 0.15) is 34.1 Å². The smallest absolute Gasteiger partial charge is 0.323 e. The predicted molar refractivity (Wildman–Crippen MR) is 51.4 cm³/mol. The molecule has 0 bridgehead atoms. The van der Waals surface area contributed by atoms with E-state index in [2.05, 4.69) is 12.2 Å². The van der Waals surface area contributed by atoms with Gasteiger partial charge in [-0.3, -0.25) is 4.79 Å². The first kappa shape index (κ1) is 10.5. The van der Waals surface area contributed by atoms with Gasteiger partial charge in [0.15, 0.2) is 0 Å². The average molecular weight is 185 g/mol. The van der Waals surface area contributed by atoms with Gasteiger partial charge < -0.3 is 10.1 Å². The number of ether oxygens (including phenoxy) is 1. The lowest BCUT2D eigenvalue weighted by Crippen LogP contribution is -2.58. The molecule has 3 nitrogen and oxygen atoms in total. The monoisotopic (exact) mass is 185 g/mol. The zero-order valence-corrected chi connectivity index (χ0v) is 8.89. The SMILES string of the molecule is CC[C@H]1CN[C@@H]1C(=O)OC(C)(C)C. The van der Waals surface area contributed by atoms with E-state index in [1.54, 1.807) is 0 Å². The van der Waals surface area contributed by atoms with Gasteiger partial charge in [0.2, 0.25) is 0 Å². The van der Waals surface area contributed by atoms with E-state index in [-0.39, 0.29) is 17.6 Å². The molecule has 0 spiro atoms. The molecule has 0 unspecified atom stereocenters. The molecule has 1 N–H and O–H groups in total. The zero-order chi connectivity index (χ0) is 10.1. The van der Waals surface area contributed by atoms with Gasteiger partial charge in [0.05, 0.1) is 0 Å². The Labute approximate surface area is 79.8 Å². The first-order valence-electron chi connectivity index (χ1n) is 4.90. The topological polar surface area (TPSA) is 38.3 Å². The molecule has 0 saturated carbocycles. The highest BCUT2D eigenvalue weighted by Crippen LogP contribution is 2.20. The molecule has 1 fully saturated rings. The van der Waals surface area contributed by atoms with Crippen molar-refractivity contribution < 1.29 is 9.53 Å². The fourth-order valence-corrected chi connectivity index (χ4v) is 1.42. The van der Waals surface area contributed by atoms with Gasteiger partial charge in [0.1, 0.15) is 11.6 Å². The summed E-state index contributed by atoms with van der Waals surface area (Å²) in [5.74, 6) is 0.362. The molecule has 2 atom stereocenters. The maximum absolute atomic E-state index is 11.5. The highest BCUT2D eigenvalue weighted by atomic mass is 16.6. The summed E-state index contributed by atoms with van der Waals surface area (Å²) in [5, 5.41) is 3.09. The van der Waals surface area contributed by atoms with Gasteiger partial charge in [-0.05, 0) is 26.7 Å². The standard InChI is InChI=1S/C10H19NO2/c1-5-7-6-11-8(7)9(12)13-10(2,3)4/h7-8,11H,5-6H2,1-4H3/t7-,8-/m0/s1. The highest BCUT2D eigenvalue weighted by molar-refractivity contribution is 5.77. The first-order chi connectivity index (χ1) is 5.94. The summed E-state index contributed by atoms with van der Waals surface area (Å²) >= 11 is 0. The van der Waals surface area contributed by atoms with Crippen LogP contribution in [0.2, 0.25) is 0 Å². The molecular formula is C10H19NO2. The number of hydrogen-bond donors (Lipinski definition) is 1. The molecule has 1 heterocycles. The van der Waals surface area contributed by atoms with E-state index in [1.807, 2.05) is 20.8 Å². The molecule has 0 radical (unpaired) electrons. The second-order valence-electron chi connectivity index (χ2n) is 4.59. The van der Waals surface area contributed by atoms with Crippen LogP contribution in [-0.2, 0) is 9.53 Å². The summed E-state index contributed by atoms with van der Waals surface area (Å²) < 4.78 is 5.27. The van der Waals surface area contributed by atoms with Crippen molar-refractivity contribution in [2.24, 2.45) is 5.92 Å². The van der Waals surface area contributed by atoms with Crippen molar-refractivity contribution in [1.29, 1.82) is 0 Å². The van der Waals surface area contributed by atoms with Crippen molar-refractivity contribution in [2.45, 2.75) is 45.8 Å². The third-order valence-electron chi connectivity index (χ3n) is 2.26. The van der Waals surface area contributed by atoms with Crippen LogP contribution in [0.15, 0.2) is 0 Å². The third kappa shape index (κ3) is 2.69. The van der Waals surface area contributed by atoms with E-state index < -0.39 is 0 Å². The molecule has 0 aromatic heterocycles. The van der Waals surface area contributed by atoms with Crippen molar-refractivity contribution in [3.05, 3.63) is 0 Å². The molecule has 0 aromatic rings. The lowest BCUT2D eigenvalue weighted by atomic mass is 9.89. The van der Waals surface area contributed by atoms with Crippen LogP contribution in [0.5, 0.6) is 0 Å². The Morgan fingerprint density at radius 1 is 1.54 bits per heavy atom. The Morgan fingerprint density at radius 3 is 2.46 bits per heavy atom. The number of esters is 1. The van der Waals surface area contributed by atoms with E-state index >= 15 is 0 Å². The highest BCUT2D eigenvalue weighted by Gasteiger charge is 2.37. The Kier molecular flexibility index (Phi) is 2.96. The minimum absolute atomic E-state index is 0.0655. The summed E-state index contributed by atoms with van der Waals surface area (Å²) in [7, 11) is 0. The van der Waals surface area contributed by atoms with Crippen LogP contribution < -0.4 is 5.32 Å².